The van der Waals surface area contributed by atoms with Gasteiger partial charge in [0, 0.05) is 15.8 Å². The van der Waals surface area contributed by atoms with Crippen molar-refractivity contribution in [1.29, 1.82) is 0 Å². The predicted octanol–water partition coefficient (Wildman–Crippen LogP) is 1.46. The number of aryl methyl sites for hydroxylation is 1. The van der Waals surface area contributed by atoms with Crippen LogP contribution in [-0.4, -0.2) is 17.4 Å². The molecular formula is C11H13IN2O2. The fraction of sp³-hybridized carbons (Fsp3) is 0.273. The van der Waals surface area contributed by atoms with E-state index in [4.69, 9.17) is 0 Å². The van der Waals surface area contributed by atoms with Gasteiger partial charge in [-0.2, -0.15) is 0 Å². The molecule has 0 saturated carbocycles. The first kappa shape index (κ1) is 13.0. The number of aromatic amines is 1. The van der Waals surface area contributed by atoms with E-state index in [9.17, 15) is 9.59 Å². The van der Waals surface area contributed by atoms with Gasteiger partial charge in [0.2, 0.25) is 0 Å². The van der Waals surface area contributed by atoms with Gasteiger partial charge in [-0.05, 0) is 35.1 Å². The molecule has 0 bridgehead atoms. The highest BCUT2D eigenvalue weighted by Gasteiger charge is 2.12. The molecule has 1 aromatic heterocycles. The maximum atomic E-state index is 11.6. The molecule has 2 N–H and O–H groups in total. The molecule has 0 unspecified atom stereocenters. The minimum Gasteiger partial charge on any atom is -0.348 e. The summed E-state index contributed by atoms with van der Waals surface area (Å²) in [5.41, 5.74) is 0.646. The van der Waals surface area contributed by atoms with Crippen molar-refractivity contribution in [2.75, 3.05) is 6.54 Å². The number of carbonyl (C=O) groups is 1. The van der Waals surface area contributed by atoms with Gasteiger partial charge in [-0.15, -0.1) is 6.58 Å². The van der Waals surface area contributed by atoms with Gasteiger partial charge in [-0.1, -0.05) is 13.0 Å². The Labute approximate surface area is 107 Å². The second kappa shape index (κ2) is 5.83. The summed E-state index contributed by atoms with van der Waals surface area (Å²) in [6.07, 6.45) is 2.31. The van der Waals surface area contributed by atoms with Gasteiger partial charge in [0.1, 0.15) is 5.56 Å². The quantitative estimate of drug-likeness (QED) is 0.648. The summed E-state index contributed by atoms with van der Waals surface area (Å²) in [6.45, 7) is 5.79. The summed E-state index contributed by atoms with van der Waals surface area (Å²) in [4.78, 5) is 25.9. The van der Waals surface area contributed by atoms with Crippen LogP contribution in [0.3, 0.4) is 0 Å². The number of nitrogens with one attached hydrogen (secondary N) is 2. The molecule has 0 atom stereocenters. The van der Waals surface area contributed by atoms with Crippen molar-refractivity contribution in [3.63, 3.8) is 0 Å². The zero-order chi connectivity index (χ0) is 12.1. The summed E-state index contributed by atoms with van der Waals surface area (Å²) in [5.74, 6) is -0.373. The molecule has 0 aromatic carbocycles. The van der Waals surface area contributed by atoms with Crippen LogP contribution >= 0.6 is 22.6 Å². The van der Waals surface area contributed by atoms with Gasteiger partial charge >= 0.3 is 0 Å². The number of amides is 1. The van der Waals surface area contributed by atoms with Gasteiger partial charge in [0.15, 0.2) is 0 Å². The van der Waals surface area contributed by atoms with Crippen LogP contribution in [-0.2, 0) is 6.42 Å². The topological polar surface area (TPSA) is 62.0 Å². The van der Waals surface area contributed by atoms with E-state index >= 15 is 0 Å². The average molecular weight is 332 g/mol. The van der Waals surface area contributed by atoms with Crippen LogP contribution in [0.15, 0.2) is 23.5 Å². The molecule has 1 aromatic rings. The summed E-state index contributed by atoms with van der Waals surface area (Å²) in [5, 5.41) is 2.57. The standard InChI is InChI=1S/C11H13IN2O2/c1-3-5-13-10(15)7-6-8(12)9(4-2)14-11(7)16/h3,6H,1,4-5H2,2H3,(H,13,15)(H,14,16). The molecule has 0 saturated heterocycles. The van der Waals surface area contributed by atoms with E-state index in [0.29, 0.717) is 6.54 Å². The normalized spacial score (nSPS) is 9.88. The Morgan fingerprint density at radius 1 is 1.69 bits per heavy atom. The minimum atomic E-state index is -0.373. The molecule has 0 radical (unpaired) electrons. The SMILES string of the molecule is C=CCNC(=O)c1cc(I)c(CC)[nH]c1=O. The predicted molar refractivity (Wildman–Crippen MR) is 71.7 cm³/mol. The van der Waals surface area contributed by atoms with E-state index in [-0.39, 0.29) is 17.0 Å². The van der Waals surface area contributed by atoms with Gasteiger partial charge in [-0.3, -0.25) is 9.59 Å². The Morgan fingerprint density at radius 3 is 2.94 bits per heavy atom. The maximum absolute atomic E-state index is 11.6. The first-order valence-corrected chi connectivity index (χ1v) is 5.98. The Morgan fingerprint density at radius 2 is 2.38 bits per heavy atom. The first-order valence-electron chi connectivity index (χ1n) is 4.91. The van der Waals surface area contributed by atoms with Crippen LogP contribution in [0.5, 0.6) is 0 Å². The highest BCUT2D eigenvalue weighted by molar-refractivity contribution is 14.1. The third-order valence-electron chi connectivity index (χ3n) is 2.07. The van der Waals surface area contributed by atoms with Crippen molar-refractivity contribution in [3.05, 3.63) is 43.9 Å². The molecule has 1 amide bonds. The summed E-state index contributed by atoms with van der Waals surface area (Å²) in [7, 11) is 0. The van der Waals surface area contributed by atoms with Crippen molar-refractivity contribution in [2.24, 2.45) is 0 Å². The van der Waals surface area contributed by atoms with Crippen LogP contribution in [0.1, 0.15) is 23.0 Å². The molecule has 1 heterocycles. The van der Waals surface area contributed by atoms with Gasteiger partial charge in [0.05, 0.1) is 0 Å². The molecule has 5 heteroatoms. The van der Waals surface area contributed by atoms with Crippen LogP contribution in [0, 0.1) is 3.57 Å². The first-order chi connectivity index (χ1) is 7.60. The van der Waals surface area contributed by atoms with E-state index < -0.39 is 0 Å². The molecule has 16 heavy (non-hydrogen) atoms. The summed E-state index contributed by atoms with van der Waals surface area (Å²) in [6, 6.07) is 1.61. The Kier molecular flexibility index (Phi) is 4.72. The number of halogens is 1. The lowest BCUT2D eigenvalue weighted by Gasteiger charge is -2.05. The van der Waals surface area contributed by atoms with Gasteiger partial charge < -0.3 is 10.3 Å². The number of aromatic nitrogens is 1. The number of pyridine rings is 1. The molecule has 0 fully saturated rings. The number of rotatable bonds is 4. The summed E-state index contributed by atoms with van der Waals surface area (Å²) >= 11 is 2.10. The van der Waals surface area contributed by atoms with E-state index in [1.807, 2.05) is 6.92 Å². The molecule has 1 rings (SSSR count). The van der Waals surface area contributed by atoms with Crippen LogP contribution in [0.25, 0.3) is 0 Å². The molecule has 0 spiro atoms. The number of hydrogen-bond donors (Lipinski definition) is 2. The minimum absolute atomic E-state index is 0.142. The second-order valence-electron chi connectivity index (χ2n) is 3.19. The third kappa shape index (κ3) is 2.94. The molecule has 0 aliphatic carbocycles. The Bertz CT molecular complexity index is 466. The zero-order valence-corrected chi connectivity index (χ0v) is 11.1. The molecule has 0 aliphatic heterocycles. The summed E-state index contributed by atoms with van der Waals surface area (Å²) < 4.78 is 0.892. The van der Waals surface area contributed by atoms with Crippen molar-refractivity contribution < 1.29 is 4.79 Å². The third-order valence-corrected chi connectivity index (χ3v) is 3.04. The largest absolute Gasteiger partial charge is 0.348 e. The average Bonchev–Trinajstić information content (AvgIpc) is 2.28. The second-order valence-corrected chi connectivity index (χ2v) is 4.35. The van der Waals surface area contributed by atoms with E-state index in [1.54, 1.807) is 12.1 Å². The molecule has 4 nitrogen and oxygen atoms in total. The van der Waals surface area contributed by atoms with Crippen molar-refractivity contribution >= 4 is 28.5 Å². The lowest BCUT2D eigenvalue weighted by molar-refractivity contribution is 0.0956. The fourth-order valence-corrected chi connectivity index (χ4v) is 2.06. The van der Waals surface area contributed by atoms with Gasteiger partial charge in [-0.25, -0.2) is 0 Å². The lowest BCUT2D eigenvalue weighted by Crippen LogP contribution is -2.30. The van der Waals surface area contributed by atoms with E-state index in [2.05, 4.69) is 39.5 Å². The van der Waals surface area contributed by atoms with Crippen molar-refractivity contribution in [1.82, 2.24) is 10.3 Å². The van der Waals surface area contributed by atoms with Crippen molar-refractivity contribution in [2.45, 2.75) is 13.3 Å². The lowest BCUT2D eigenvalue weighted by atomic mass is 10.2. The highest BCUT2D eigenvalue weighted by Crippen LogP contribution is 2.09. The Hall–Kier alpha value is -1.11. The van der Waals surface area contributed by atoms with Gasteiger partial charge in [0.25, 0.3) is 11.5 Å². The van der Waals surface area contributed by atoms with Crippen LogP contribution in [0.4, 0.5) is 0 Å². The number of H-pyrrole nitrogens is 1. The fourth-order valence-electron chi connectivity index (χ4n) is 1.23. The molecule has 0 aliphatic rings. The highest BCUT2D eigenvalue weighted by atomic mass is 127. The Balaban J connectivity index is 3.06. The molecule has 86 valence electrons. The number of carbonyl (C=O) groups excluding carboxylic acids is 1. The number of hydrogen-bond acceptors (Lipinski definition) is 2. The monoisotopic (exact) mass is 332 g/mol. The zero-order valence-electron chi connectivity index (χ0n) is 8.97. The van der Waals surface area contributed by atoms with Crippen LogP contribution in [0.2, 0.25) is 0 Å². The van der Waals surface area contributed by atoms with E-state index in [0.717, 1.165) is 15.7 Å². The smallest absolute Gasteiger partial charge is 0.261 e. The maximum Gasteiger partial charge on any atom is 0.261 e. The van der Waals surface area contributed by atoms with Crippen LogP contribution < -0.4 is 10.9 Å². The molecular weight excluding hydrogens is 319 g/mol. The van der Waals surface area contributed by atoms with Crippen molar-refractivity contribution in [3.8, 4) is 0 Å². The van der Waals surface area contributed by atoms with E-state index in [1.165, 1.54) is 0 Å².